The molecule has 16 heavy (non-hydrogen) atoms. The minimum atomic E-state index is -0.906. The van der Waals surface area contributed by atoms with Crippen molar-refractivity contribution in [3.63, 3.8) is 0 Å². The molecule has 1 aliphatic heterocycles. The highest BCUT2D eigenvalue weighted by Gasteiger charge is 2.28. The third kappa shape index (κ3) is 4.40. The Morgan fingerprint density at radius 3 is 2.75 bits per heavy atom. The molecule has 1 amide bonds. The number of carbonyl (C=O) groups excluding carboxylic acids is 1. The van der Waals surface area contributed by atoms with E-state index in [1.807, 2.05) is 0 Å². The Morgan fingerprint density at radius 2 is 2.25 bits per heavy atom. The summed E-state index contributed by atoms with van der Waals surface area (Å²) in [5.74, 6) is 0.742. The van der Waals surface area contributed by atoms with Gasteiger partial charge in [-0.25, -0.2) is 0 Å². The second kappa shape index (κ2) is 5.54. The number of hydrogen-bond donors (Lipinski definition) is 3. The number of amides is 1. The molecule has 5 nitrogen and oxygen atoms in total. The molecule has 0 aliphatic carbocycles. The molecule has 3 N–H and O–H groups in total. The van der Waals surface area contributed by atoms with Crippen LogP contribution in [0.1, 0.15) is 20.3 Å². The minimum Gasteiger partial charge on any atom is -0.481 e. The number of carbonyl (C=O) groups is 2. The molecule has 0 spiro atoms. The number of rotatable bonds is 4. The Kier molecular flexibility index (Phi) is 4.61. The molecular weight excluding hydrogens is 228 g/mol. The molecule has 6 heteroatoms. The summed E-state index contributed by atoms with van der Waals surface area (Å²) in [6, 6.07) is -0.202. The summed E-state index contributed by atoms with van der Waals surface area (Å²) in [4.78, 5) is 22.4. The fourth-order valence-corrected chi connectivity index (χ4v) is 2.51. The van der Waals surface area contributed by atoms with E-state index in [1.54, 1.807) is 25.6 Å². The first-order chi connectivity index (χ1) is 7.41. The first-order valence-electron chi connectivity index (χ1n) is 5.26. The number of carboxylic acid groups (broad SMARTS) is 1. The maximum absolute atomic E-state index is 11.8. The van der Waals surface area contributed by atoms with Gasteiger partial charge >= 0.3 is 5.97 Å². The second-order valence-electron chi connectivity index (χ2n) is 4.53. The third-order valence-corrected chi connectivity index (χ3v) is 3.35. The zero-order valence-corrected chi connectivity index (χ0v) is 10.4. The van der Waals surface area contributed by atoms with Crippen LogP contribution in [0, 0.1) is 0 Å². The minimum absolute atomic E-state index is 0.0708. The van der Waals surface area contributed by atoms with Gasteiger partial charge in [-0.15, -0.1) is 0 Å². The van der Waals surface area contributed by atoms with Gasteiger partial charge in [-0.2, -0.15) is 11.8 Å². The van der Waals surface area contributed by atoms with Gasteiger partial charge < -0.3 is 15.7 Å². The van der Waals surface area contributed by atoms with Crippen LogP contribution in [0.3, 0.4) is 0 Å². The highest BCUT2D eigenvalue weighted by atomic mass is 32.2. The maximum Gasteiger partial charge on any atom is 0.305 e. The SMILES string of the molecule is CC(C)(CC(=O)O)NC(=O)C1CSCCN1. The Hall–Kier alpha value is -0.750. The lowest BCUT2D eigenvalue weighted by atomic mass is 10.0. The molecule has 1 heterocycles. The predicted octanol–water partition coefficient (Wildman–Crippen LogP) is 0.0609. The Morgan fingerprint density at radius 1 is 1.56 bits per heavy atom. The molecular formula is C10H18N2O3S. The Labute approximate surface area is 99.4 Å². The van der Waals surface area contributed by atoms with Crippen LogP contribution in [-0.4, -0.2) is 46.6 Å². The summed E-state index contributed by atoms with van der Waals surface area (Å²) in [6.07, 6.45) is -0.0708. The van der Waals surface area contributed by atoms with Gasteiger partial charge in [0.05, 0.1) is 12.5 Å². The van der Waals surface area contributed by atoms with Gasteiger partial charge in [0, 0.05) is 23.6 Å². The lowest BCUT2D eigenvalue weighted by molar-refractivity contribution is -0.138. The van der Waals surface area contributed by atoms with Gasteiger partial charge in [0.2, 0.25) is 5.91 Å². The average Bonchev–Trinajstić information content (AvgIpc) is 2.16. The van der Waals surface area contributed by atoms with E-state index in [0.29, 0.717) is 0 Å². The van der Waals surface area contributed by atoms with Crippen molar-refractivity contribution in [2.45, 2.75) is 31.8 Å². The summed E-state index contributed by atoms with van der Waals surface area (Å²) in [7, 11) is 0. The molecule has 0 aromatic carbocycles. The molecule has 1 fully saturated rings. The van der Waals surface area contributed by atoms with Crippen molar-refractivity contribution in [3.8, 4) is 0 Å². The van der Waals surface area contributed by atoms with Crippen molar-refractivity contribution >= 4 is 23.6 Å². The summed E-state index contributed by atoms with van der Waals surface area (Å²) in [6.45, 7) is 4.26. The van der Waals surface area contributed by atoms with E-state index in [2.05, 4.69) is 10.6 Å². The zero-order chi connectivity index (χ0) is 12.2. The summed E-state index contributed by atoms with van der Waals surface area (Å²) >= 11 is 1.73. The number of thioether (sulfide) groups is 1. The van der Waals surface area contributed by atoms with E-state index in [1.165, 1.54) is 0 Å². The van der Waals surface area contributed by atoms with Crippen molar-refractivity contribution in [2.24, 2.45) is 0 Å². The first-order valence-corrected chi connectivity index (χ1v) is 6.41. The van der Waals surface area contributed by atoms with Crippen molar-refractivity contribution in [3.05, 3.63) is 0 Å². The molecule has 0 aromatic rings. The van der Waals surface area contributed by atoms with Crippen LogP contribution in [0.5, 0.6) is 0 Å². The molecule has 0 radical (unpaired) electrons. The number of carboxylic acids is 1. The second-order valence-corrected chi connectivity index (χ2v) is 5.68. The van der Waals surface area contributed by atoms with Gasteiger partial charge in [-0.1, -0.05) is 0 Å². The average molecular weight is 246 g/mol. The summed E-state index contributed by atoms with van der Waals surface area (Å²) in [5.41, 5.74) is -0.702. The quantitative estimate of drug-likeness (QED) is 0.654. The fraction of sp³-hybridized carbons (Fsp3) is 0.800. The van der Waals surface area contributed by atoms with Gasteiger partial charge in [0.15, 0.2) is 0 Å². The Bertz CT molecular complexity index is 275. The molecule has 1 rings (SSSR count). The van der Waals surface area contributed by atoms with Gasteiger partial charge in [-0.3, -0.25) is 9.59 Å². The van der Waals surface area contributed by atoms with Crippen LogP contribution < -0.4 is 10.6 Å². The number of aliphatic carboxylic acids is 1. The lowest BCUT2D eigenvalue weighted by Crippen LogP contribution is -2.55. The molecule has 0 aromatic heterocycles. The normalized spacial score (nSPS) is 21.5. The molecule has 1 saturated heterocycles. The standard InChI is InChI=1S/C10H18N2O3S/c1-10(2,5-8(13)14)12-9(15)7-6-16-4-3-11-7/h7,11H,3-6H2,1-2H3,(H,12,15)(H,13,14). The third-order valence-electron chi connectivity index (χ3n) is 2.29. The van der Waals surface area contributed by atoms with E-state index in [9.17, 15) is 9.59 Å². The number of hydrogen-bond acceptors (Lipinski definition) is 4. The largest absolute Gasteiger partial charge is 0.481 e. The smallest absolute Gasteiger partial charge is 0.305 e. The highest BCUT2D eigenvalue weighted by Crippen LogP contribution is 2.11. The van der Waals surface area contributed by atoms with Crippen molar-refractivity contribution in [1.82, 2.24) is 10.6 Å². The van der Waals surface area contributed by atoms with E-state index in [4.69, 9.17) is 5.11 Å². The van der Waals surface area contributed by atoms with Gasteiger partial charge in [-0.05, 0) is 13.8 Å². The first kappa shape index (κ1) is 13.3. The van der Waals surface area contributed by atoms with Crippen LogP contribution >= 0.6 is 11.8 Å². The van der Waals surface area contributed by atoms with Crippen LogP contribution in [0.15, 0.2) is 0 Å². The summed E-state index contributed by atoms with van der Waals surface area (Å²) < 4.78 is 0. The van der Waals surface area contributed by atoms with E-state index < -0.39 is 11.5 Å². The molecule has 1 unspecified atom stereocenters. The van der Waals surface area contributed by atoms with Gasteiger partial charge in [0.25, 0.3) is 0 Å². The van der Waals surface area contributed by atoms with E-state index in [0.717, 1.165) is 18.1 Å². The van der Waals surface area contributed by atoms with Crippen LogP contribution in [-0.2, 0) is 9.59 Å². The molecule has 1 aliphatic rings. The maximum atomic E-state index is 11.8. The van der Waals surface area contributed by atoms with Crippen LogP contribution in [0.25, 0.3) is 0 Å². The Balaban J connectivity index is 2.45. The molecule has 0 bridgehead atoms. The summed E-state index contributed by atoms with van der Waals surface area (Å²) in [5, 5.41) is 14.6. The van der Waals surface area contributed by atoms with Crippen LogP contribution in [0.4, 0.5) is 0 Å². The predicted molar refractivity (Wildman–Crippen MR) is 63.6 cm³/mol. The van der Waals surface area contributed by atoms with Crippen molar-refractivity contribution in [2.75, 3.05) is 18.1 Å². The fourth-order valence-electron chi connectivity index (χ4n) is 1.58. The topological polar surface area (TPSA) is 78.4 Å². The monoisotopic (exact) mass is 246 g/mol. The van der Waals surface area contributed by atoms with Crippen molar-refractivity contribution < 1.29 is 14.7 Å². The molecule has 92 valence electrons. The molecule has 1 atom stereocenters. The van der Waals surface area contributed by atoms with Gasteiger partial charge in [0.1, 0.15) is 0 Å². The van der Waals surface area contributed by atoms with E-state index in [-0.39, 0.29) is 18.4 Å². The zero-order valence-electron chi connectivity index (χ0n) is 9.58. The number of nitrogens with one attached hydrogen (secondary N) is 2. The van der Waals surface area contributed by atoms with Crippen LogP contribution in [0.2, 0.25) is 0 Å². The van der Waals surface area contributed by atoms with E-state index >= 15 is 0 Å². The highest BCUT2D eigenvalue weighted by molar-refractivity contribution is 7.99. The lowest BCUT2D eigenvalue weighted by Gasteiger charge is -2.29. The molecule has 0 saturated carbocycles. The van der Waals surface area contributed by atoms with Crippen molar-refractivity contribution in [1.29, 1.82) is 0 Å².